The van der Waals surface area contributed by atoms with E-state index in [2.05, 4.69) is 11.1 Å². The van der Waals surface area contributed by atoms with E-state index in [1.54, 1.807) is 36.5 Å². The average molecular weight is 212 g/mol. The van der Waals surface area contributed by atoms with E-state index in [-0.39, 0.29) is 0 Å². The first kappa shape index (κ1) is 10.2. The number of benzene rings is 1. The van der Waals surface area contributed by atoms with Gasteiger partial charge in [-0.1, -0.05) is 24.3 Å². The lowest BCUT2D eigenvalue weighted by Gasteiger charge is -2.18. The molecule has 16 heavy (non-hydrogen) atoms. The minimum atomic E-state index is -0.582. The summed E-state index contributed by atoms with van der Waals surface area (Å²) < 4.78 is 0. The highest BCUT2D eigenvalue weighted by atomic mass is 16.2. The van der Waals surface area contributed by atoms with Crippen molar-refractivity contribution in [3.05, 3.63) is 54.7 Å². The monoisotopic (exact) mass is 212 g/mol. The summed E-state index contributed by atoms with van der Waals surface area (Å²) in [4.78, 5) is 16.8. The Balaban J connectivity index is 2.44. The van der Waals surface area contributed by atoms with E-state index in [0.29, 0.717) is 11.5 Å². The molecule has 79 valence electrons. The standard InChI is InChI=1S/C12H10N3O/c13-12(16)15(10-6-2-1-3-7-10)11-8-4-5-9-14-11/h1-6,8-9H,(H2,13,16). The molecule has 0 aliphatic rings. The van der Waals surface area contributed by atoms with E-state index >= 15 is 0 Å². The van der Waals surface area contributed by atoms with Gasteiger partial charge in [0.05, 0.1) is 5.69 Å². The van der Waals surface area contributed by atoms with Crippen LogP contribution in [0.1, 0.15) is 0 Å². The Hall–Kier alpha value is -2.36. The molecule has 0 saturated heterocycles. The fourth-order valence-corrected chi connectivity index (χ4v) is 1.36. The fourth-order valence-electron chi connectivity index (χ4n) is 1.36. The summed E-state index contributed by atoms with van der Waals surface area (Å²) in [5.41, 5.74) is 5.91. The molecule has 0 saturated carbocycles. The van der Waals surface area contributed by atoms with Gasteiger partial charge in [-0.15, -0.1) is 0 Å². The van der Waals surface area contributed by atoms with Crippen LogP contribution in [0, 0.1) is 6.07 Å². The van der Waals surface area contributed by atoms with Crippen LogP contribution in [-0.2, 0) is 0 Å². The van der Waals surface area contributed by atoms with Crippen LogP contribution in [0.15, 0.2) is 48.7 Å². The second-order valence-corrected chi connectivity index (χ2v) is 3.11. The van der Waals surface area contributed by atoms with Crippen molar-refractivity contribution < 1.29 is 4.79 Å². The fraction of sp³-hybridized carbons (Fsp3) is 0. The molecule has 0 spiro atoms. The van der Waals surface area contributed by atoms with Crippen LogP contribution in [0.4, 0.5) is 16.3 Å². The highest BCUT2D eigenvalue weighted by Crippen LogP contribution is 2.21. The van der Waals surface area contributed by atoms with Crippen LogP contribution in [0.3, 0.4) is 0 Å². The van der Waals surface area contributed by atoms with Gasteiger partial charge in [0.2, 0.25) is 0 Å². The van der Waals surface area contributed by atoms with Gasteiger partial charge in [-0.2, -0.15) is 0 Å². The van der Waals surface area contributed by atoms with Crippen molar-refractivity contribution in [1.29, 1.82) is 0 Å². The van der Waals surface area contributed by atoms with E-state index in [1.807, 2.05) is 12.1 Å². The lowest BCUT2D eigenvalue weighted by atomic mass is 10.3. The number of carbonyl (C=O) groups excluding carboxylic acids is 1. The van der Waals surface area contributed by atoms with Gasteiger partial charge in [0.25, 0.3) is 0 Å². The van der Waals surface area contributed by atoms with Crippen molar-refractivity contribution in [3.8, 4) is 0 Å². The first-order valence-electron chi connectivity index (χ1n) is 4.76. The number of hydrogen-bond acceptors (Lipinski definition) is 2. The highest BCUT2D eigenvalue weighted by Gasteiger charge is 2.15. The number of nitrogens with zero attached hydrogens (tertiary/aromatic N) is 2. The summed E-state index contributed by atoms with van der Waals surface area (Å²) in [6.45, 7) is 0. The summed E-state index contributed by atoms with van der Waals surface area (Å²) in [6.07, 6.45) is 1.61. The zero-order valence-corrected chi connectivity index (χ0v) is 8.50. The van der Waals surface area contributed by atoms with Crippen molar-refractivity contribution in [2.45, 2.75) is 0 Å². The lowest BCUT2D eigenvalue weighted by Crippen LogP contribution is -2.32. The molecule has 1 heterocycles. The normalized spacial score (nSPS) is 9.75. The first-order valence-corrected chi connectivity index (χ1v) is 4.76. The average Bonchev–Trinajstić information content (AvgIpc) is 2.31. The summed E-state index contributed by atoms with van der Waals surface area (Å²) in [5.74, 6) is 0.484. The molecule has 2 amide bonds. The highest BCUT2D eigenvalue weighted by molar-refractivity contribution is 5.97. The minimum Gasteiger partial charge on any atom is -0.351 e. The van der Waals surface area contributed by atoms with Gasteiger partial charge in [0, 0.05) is 12.3 Å². The van der Waals surface area contributed by atoms with Gasteiger partial charge in [-0.25, -0.2) is 14.7 Å². The quantitative estimate of drug-likeness (QED) is 0.828. The number of urea groups is 1. The number of carbonyl (C=O) groups is 1. The summed E-state index contributed by atoms with van der Waals surface area (Å²) in [5, 5.41) is 0. The summed E-state index contributed by atoms with van der Waals surface area (Å²) in [6, 6.07) is 14.7. The van der Waals surface area contributed by atoms with Gasteiger partial charge >= 0.3 is 6.03 Å². The molecule has 0 fully saturated rings. The van der Waals surface area contributed by atoms with Crippen molar-refractivity contribution in [1.82, 2.24) is 4.98 Å². The minimum absolute atomic E-state index is 0.484. The predicted octanol–water partition coefficient (Wildman–Crippen LogP) is 2.10. The third kappa shape index (κ3) is 2.00. The second-order valence-electron chi connectivity index (χ2n) is 3.11. The number of anilines is 2. The van der Waals surface area contributed by atoms with E-state index in [1.165, 1.54) is 4.90 Å². The number of rotatable bonds is 2. The summed E-state index contributed by atoms with van der Waals surface area (Å²) >= 11 is 0. The molecule has 1 aromatic carbocycles. The Kier molecular flexibility index (Phi) is 2.82. The predicted molar refractivity (Wildman–Crippen MR) is 61.2 cm³/mol. The maximum atomic E-state index is 11.4. The van der Waals surface area contributed by atoms with Crippen LogP contribution >= 0.6 is 0 Å². The maximum absolute atomic E-state index is 11.4. The topological polar surface area (TPSA) is 59.2 Å². The molecule has 4 nitrogen and oxygen atoms in total. The Morgan fingerprint density at radius 1 is 1.25 bits per heavy atom. The zero-order chi connectivity index (χ0) is 11.4. The van der Waals surface area contributed by atoms with Crippen LogP contribution < -0.4 is 10.6 Å². The maximum Gasteiger partial charge on any atom is 0.325 e. The van der Waals surface area contributed by atoms with Crippen LogP contribution in [0.5, 0.6) is 0 Å². The van der Waals surface area contributed by atoms with Crippen molar-refractivity contribution in [2.75, 3.05) is 4.90 Å². The van der Waals surface area contributed by atoms with Crippen molar-refractivity contribution in [2.24, 2.45) is 5.73 Å². The molecule has 2 aromatic rings. The number of primary amides is 1. The number of hydrogen-bond donors (Lipinski definition) is 1. The van der Waals surface area contributed by atoms with Crippen LogP contribution in [0.25, 0.3) is 0 Å². The molecule has 2 rings (SSSR count). The van der Waals surface area contributed by atoms with E-state index in [4.69, 9.17) is 5.73 Å². The van der Waals surface area contributed by atoms with Crippen LogP contribution in [0.2, 0.25) is 0 Å². The largest absolute Gasteiger partial charge is 0.351 e. The smallest absolute Gasteiger partial charge is 0.325 e. The van der Waals surface area contributed by atoms with Crippen LogP contribution in [-0.4, -0.2) is 11.0 Å². The number of pyridine rings is 1. The summed E-state index contributed by atoms with van der Waals surface area (Å²) in [7, 11) is 0. The molecule has 4 heteroatoms. The van der Waals surface area contributed by atoms with Gasteiger partial charge in [-0.05, 0) is 18.2 Å². The second kappa shape index (κ2) is 4.44. The van der Waals surface area contributed by atoms with Gasteiger partial charge in [0.15, 0.2) is 0 Å². The van der Waals surface area contributed by atoms with Crippen molar-refractivity contribution >= 4 is 17.5 Å². The molecule has 0 atom stereocenters. The third-order valence-corrected chi connectivity index (χ3v) is 2.03. The Labute approximate surface area is 93.3 Å². The number of aromatic nitrogens is 1. The number of nitrogens with two attached hydrogens (primary N) is 1. The van der Waals surface area contributed by atoms with Crippen molar-refractivity contribution in [3.63, 3.8) is 0 Å². The molecule has 0 bridgehead atoms. The molecule has 0 aliphatic heterocycles. The van der Waals surface area contributed by atoms with E-state index in [9.17, 15) is 4.79 Å². The molecule has 2 N–H and O–H groups in total. The molecular formula is C12H10N3O. The van der Waals surface area contributed by atoms with Gasteiger partial charge in [-0.3, -0.25) is 0 Å². The molecule has 1 aromatic heterocycles. The number of para-hydroxylation sites is 1. The Morgan fingerprint density at radius 2 is 2.06 bits per heavy atom. The first-order chi connectivity index (χ1) is 7.79. The molecule has 1 radical (unpaired) electrons. The van der Waals surface area contributed by atoms with E-state index < -0.39 is 6.03 Å². The Morgan fingerprint density at radius 3 is 2.62 bits per heavy atom. The molecular weight excluding hydrogens is 202 g/mol. The molecule has 0 aliphatic carbocycles. The lowest BCUT2D eigenvalue weighted by molar-refractivity contribution is 0.256. The van der Waals surface area contributed by atoms with Gasteiger partial charge in [0.1, 0.15) is 5.82 Å². The third-order valence-electron chi connectivity index (χ3n) is 2.03. The zero-order valence-electron chi connectivity index (χ0n) is 8.50. The van der Waals surface area contributed by atoms with E-state index in [0.717, 1.165) is 0 Å². The molecule has 0 unspecified atom stereocenters. The Bertz CT molecular complexity index is 431. The number of amides is 2. The van der Waals surface area contributed by atoms with Gasteiger partial charge < -0.3 is 5.73 Å². The SMILES string of the molecule is NC(=O)N(c1[c]cccc1)c1ccccn1.